The second kappa shape index (κ2) is 6.93. The largest absolute Gasteiger partial charge is 0.480 e. The summed E-state index contributed by atoms with van der Waals surface area (Å²) < 4.78 is 1.72. The van der Waals surface area contributed by atoms with Crippen molar-refractivity contribution in [2.45, 2.75) is 25.4 Å². The molecule has 2 aromatic heterocycles. The Morgan fingerprint density at radius 3 is 3.04 bits per heavy atom. The minimum Gasteiger partial charge on any atom is -0.480 e. The third-order valence-electron chi connectivity index (χ3n) is 3.87. The predicted molar refractivity (Wildman–Crippen MR) is 86.5 cm³/mol. The molecular formula is C15H18N4O3S. The van der Waals surface area contributed by atoms with E-state index in [1.54, 1.807) is 33.2 Å². The first-order valence-electron chi connectivity index (χ1n) is 7.44. The molecule has 0 spiro atoms. The maximum atomic E-state index is 12.2. The number of carboxylic acids is 1. The van der Waals surface area contributed by atoms with E-state index in [1.165, 1.54) is 0 Å². The number of hydrogen-bond donors (Lipinski definition) is 2. The number of carbonyl (C=O) groups is 2. The van der Waals surface area contributed by atoms with Crippen LogP contribution in [0.15, 0.2) is 29.8 Å². The van der Waals surface area contributed by atoms with Crippen LogP contribution in [0.4, 0.5) is 5.82 Å². The van der Waals surface area contributed by atoms with Crippen LogP contribution in [-0.2, 0) is 16.1 Å². The van der Waals surface area contributed by atoms with Crippen molar-refractivity contribution < 1.29 is 14.7 Å². The van der Waals surface area contributed by atoms with Gasteiger partial charge < -0.3 is 10.4 Å². The molecule has 7 nitrogen and oxygen atoms in total. The van der Waals surface area contributed by atoms with Crippen molar-refractivity contribution in [3.63, 3.8) is 0 Å². The van der Waals surface area contributed by atoms with E-state index in [2.05, 4.69) is 10.4 Å². The molecule has 3 rings (SSSR count). The maximum Gasteiger partial charge on any atom is 0.320 e. The van der Waals surface area contributed by atoms with Crippen molar-refractivity contribution in [3.05, 3.63) is 34.7 Å². The first kappa shape index (κ1) is 15.7. The first-order valence-corrected chi connectivity index (χ1v) is 8.32. The zero-order valence-electron chi connectivity index (χ0n) is 12.5. The molecule has 0 aliphatic carbocycles. The van der Waals surface area contributed by atoms with Gasteiger partial charge in [0.25, 0.3) is 0 Å². The minimum atomic E-state index is -0.863. The van der Waals surface area contributed by atoms with Crippen molar-refractivity contribution in [1.82, 2.24) is 14.7 Å². The standard InChI is InChI=1S/C15H18N4O3S/c20-14(10-18-7-1-4-12(18)15(21)22)17-13-5-6-16-19(13)9-11-3-2-8-23-11/h2-3,5-6,8,12H,1,4,7,9-10H2,(H,17,20)(H,21,22)/t12-/m0/s1. The van der Waals surface area contributed by atoms with Crippen molar-refractivity contribution in [3.8, 4) is 0 Å². The molecule has 2 aromatic rings. The van der Waals surface area contributed by atoms with Gasteiger partial charge >= 0.3 is 5.97 Å². The normalized spacial score (nSPS) is 18.2. The van der Waals surface area contributed by atoms with Gasteiger partial charge in [-0.1, -0.05) is 6.07 Å². The van der Waals surface area contributed by atoms with E-state index < -0.39 is 12.0 Å². The lowest BCUT2D eigenvalue weighted by atomic mass is 10.2. The highest BCUT2D eigenvalue weighted by atomic mass is 32.1. The molecule has 1 aliphatic rings. The molecule has 1 atom stereocenters. The summed E-state index contributed by atoms with van der Waals surface area (Å²) >= 11 is 1.63. The molecule has 23 heavy (non-hydrogen) atoms. The van der Waals surface area contributed by atoms with Crippen LogP contribution < -0.4 is 5.32 Å². The van der Waals surface area contributed by atoms with Crippen LogP contribution in [-0.4, -0.2) is 50.8 Å². The second-order valence-electron chi connectivity index (χ2n) is 5.47. The van der Waals surface area contributed by atoms with E-state index in [4.69, 9.17) is 5.11 Å². The monoisotopic (exact) mass is 334 g/mol. The number of amides is 1. The van der Waals surface area contributed by atoms with E-state index in [0.717, 1.165) is 11.3 Å². The SMILES string of the molecule is O=C(CN1CCC[C@H]1C(=O)O)Nc1ccnn1Cc1cccs1. The lowest BCUT2D eigenvalue weighted by Gasteiger charge is -2.20. The van der Waals surface area contributed by atoms with E-state index in [0.29, 0.717) is 25.3 Å². The summed E-state index contributed by atoms with van der Waals surface area (Å²) in [6.07, 6.45) is 3.04. The summed E-state index contributed by atoms with van der Waals surface area (Å²) in [5.41, 5.74) is 0. The summed E-state index contributed by atoms with van der Waals surface area (Å²) in [6.45, 7) is 1.32. The molecule has 1 saturated heterocycles. The number of rotatable bonds is 6. The molecule has 0 radical (unpaired) electrons. The van der Waals surface area contributed by atoms with Crippen LogP contribution in [0.25, 0.3) is 0 Å². The van der Waals surface area contributed by atoms with E-state index >= 15 is 0 Å². The number of likely N-dealkylation sites (tertiary alicyclic amines) is 1. The van der Waals surface area contributed by atoms with E-state index in [1.807, 2.05) is 17.5 Å². The number of carboxylic acid groups (broad SMARTS) is 1. The molecule has 122 valence electrons. The van der Waals surface area contributed by atoms with Gasteiger partial charge in [0.2, 0.25) is 5.91 Å². The van der Waals surface area contributed by atoms with Gasteiger partial charge in [-0.3, -0.25) is 14.5 Å². The molecule has 0 saturated carbocycles. The van der Waals surface area contributed by atoms with Gasteiger partial charge in [0.15, 0.2) is 0 Å². The molecule has 3 heterocycles. The van der Waals surface area contributed by atoms with Crippen LogP contribution in [0.3, 0.4) is 0 Å². The van der Waals surface area contributed by atoms with Crippen LogP contribution in [0.5, 0.6) is 0 Å². The summed E-state index contributed by atoms with van der Waals surface area (Å²) in [6, 6.07) is 5.17. The zero-order valence-corrected chi connectivity index (χ0v) is 13.3. The molecule has 2 N–H and O–H groups in total. The Balaban J connectivity index is 1.60. The van der Waals surface area contributed by atoms with Gasteiger partial charge in [-0.25, -0.2) is 4.68 Å². The Labute approximate surface area is 137 Å². The number of aliphatic carboxylic acids is 1. The fraction of sp³-hybridized carbons (Fsp3) is 0.400. The number of hydrogen-bond acceptors (Lipinski definition) is 5. The van der Waals surface area contributed by atoms with E-state index in [-0.39, 0.29) is 12.5 Å². The van der Waals surface area contributed by atoms with Crippen molar-refractivity contribution in [2.24, 2.45) is 0 Å². The van der Waals surface area contributed by atoms with Gasteiger partial charge in [-0.05, 0) is 30.8 Å². The lowest BCUT2D eigenvalue weighted by molar-refractivity contribution is -0.142. The first-order chi connectivity index (χ1) is 11.1. The van der Waals surface area contributed by atoms with Crippen molar-refractivity contribution in [1.29, 1.82) is 0 Å². The van der Waals surface area contributed by atoms with Crippen molar-refractivity contribution in [2.75, 3.05) is 18.4 Å². The maximum absolute atomic E-state index is 12.2. The quantitative estimate of drug-likeness (QED) is 0.835. The molecule has 1 fully saturated rings. The van der Waals surface area contributed by atoms with Crippen LogP contribution in [0.2, 0.25) is 0 Å². The van der Waals surface area contributed by atoms with Crippen LogP contribution >= 0.6 is 11.3 Å². The smallest absolute Gasteiger partial charge is 0.320 e. The van der Waals surface area contributed by atoms with Crippen LogP contribution in [0, 0.1) is 0 Å². The van der Waals surface area contributed by atoms with Crippen molar-refractivity contribution >= 4 is 29.0 Å². The third kappa shape index (κ3) is 3.77. The average molecular weight is 334 g/mol. The molecule has 1 amide bonds. The van der Waals surface area contributed by atoms with Gasteiger partial charge in [0.1, 0.15) is 11.9 Å². The van der Waals surface area contributed by atoms with Gasteiger partial charge in [0.05, 0.1) is 19.3 Å². The number of aromatic nitrogens is 2. The average Bonchev–Trinajstić information content (AvgIpc) is 3.22. The zero-order chi connectivity index (χ0) is 16.2. The number of nitrogens with zero attached hydrogens (tertiary/aromatic N) is 3. The Kier molecular flexibility index (Phi) is 4.73. The highest BCUT2D eigenvalue weighted by molar-refractivity contribution is 7.09. The topological polar surface area (TPSA) is 87.5 Å². The fourth-order valence-electron chi connectivity index (χ4n) is 2.78. The summed E-state index contributed by atoms with van der Waals surface area (Å²) in [4.78, 5) is 26.2. The van der Waals surface area contributed by atoms with Gasteiger partial charge in [-0.2, -0.15) is 5.10 Å². The molecule has 1 aliphatic heterocycles. The number of anilines is 1. The van der Waals surface area contributed by atoms with Crippen LogP contribution in [0.1, 0.15) is 17.7 Å². The Morgan fingerprint density at radius 2 is 2.30 bits per heavy atom. The molecule has 0 bridgehead atoms. The van der Waals surface area contributed by atoms with Gasteiger partial charge in [0, 0.05) is 10.9 Å². The van der Waals surface area contributed by atoms with Gasteiger partial charge in [-0.15, -0.1) is 11.3 Å². The number of nitrogens with one attached hydrogen (secondary N) is 1. The second-order valence-corrected chi connectivity index (χ2v) is 6.50. The van der Waals surface area contributed by atoms with E-state index in [9.17, 15) is 9.59 Å². The Morgan fingerprint density at radius 1 is 1.43 bits per heavy atom. The fourth-order valence-corrected chi connectivity index (χ4v) is 3.46. The molecule has 0 aromatic carbocycles. The number of thiophene rings is 1. The summed E-state index contributed by atoms with van der Waals surface area (Å²) in [7, 11) is 0. The Bertz CT molecular complexity index is 683. The number of carbonyl (C=O) groups excluding carboxylic acids is 1. The molecule has 8 heteroatoms. The highest BCUT2D eigenvalue weighted by Gasteiger charge is 2.31. The Hall–Kier alpha value is -2.19. The predicted octanol–water partition coefficient (Wildman–Crippen LogP) is 1.48. The summed E-state index contributed by atoms with van der Waals surface area (Å²) in [5, 5.41) is 18.2. The lowest BCUT2D eigenvalue weighted by Crippen LogP contribution is -2.41. The minimum absolute atomic E-state index is 0.0845. The molecule has 0 unspecified atom stereocenters. The highest BCUT2D eigenvalue weighted by Crippen LogP contribution is 2.18. The summed E-state index contributed by atoms with van der Waals surface area (Å²) in [5.74, 6) is -0.460. The molecular weight excluding hydrogens is 316 g/mol. The third-order valence-corrected chi connectivity index (χ3v) is 4.73.